The highest BCUT2D eigenvalue weighted by Gasteiger charge is 2.10. The van der Waals surface area contributed by atoms with Gasteiger partial charge in [-0.3, -0.25) is 0 Å². The van der Waals surface area contributed by atoms with Crippen LogP contribution in [0.4, 0.5) is 0 Å². The standard InChI is InChI=1S/C27H28N2O6/c1-17-11-24(33-15-19(3)30)12-18(2)25(17)22-6-4-5-21(13-22)16-34-23-9-7-20(8-10-23)14-29-26(31)28-27(32)35-29/h4-13,19,30H,14-16H2,1-3H3,(H,28,31,32). The maximum atomic E-state index is 11.6. The van der Waals surface area contributed by atoms with Crippen LogP contribution in [0.15, 0.2) is 74.8 Å². The molecule has 2 N–H and O–H groups in total. The third-order valence-electron chi connectivity index (χ3n) is 5.50. The number of aryl methyl sites for hydroxylation is 2. The summed E-state index contributed by atoms with van der Waals surface area (Å²) in [4.78, 5) is 24.8. The number of hydrogen-bond donors (Lipinski definition) is 2. The van der Waals surface area contributed by atoms with Gasteiger partial charge in [0.1, 0.15) is 24.7 Å². The number of rotatable bonds is 9. The normalized spacial score (nSPS) is 11.9. The number of aromatic nitrogens is 2. The lowest BCUT2D eigenvalue weighted by Gasteiger charge is -2.15. The molecule has 0 fully saturated rings. The summed E-state index contributed by atoms with van der Waals surface area (Å²) >= 11 is 0. The van der Waals surface area contributed by atoms with Gasteiger partial charge in [-0.25, -0.2) is 14.6 Å². The Morgan fingerprint density at radius 2 is 1.66 bits per heavy atom. The molecule has 1 heterocycles. The average molecular weight is 477 g/mol. The van der Waals surface area contributed by atoms with E-state index in [1.807, 2.05) is 48.5 Å². The van der Waals surface area contributed by atoms with E-state index in [1.54, 1.807) is 6.92 Å². The van der Waals surface area contributed by atoms with E-state index in [-0.39, 0.29) is 13.2 Å². The number of ether oxygens (including phenoxy) is 2. The van der Waals surface area contributed by atoms with Crippen LogP contribution in [-0.2, 0) is 13.2 Å². The van der Waals surface area contributed by atoms with Crippen molar-refractivity contribution in [3.05, 3.63) is 104 Å². The Kier molecular flexibility index (Phi) is 7.22. The molecule has 1 atom stereocenters. The molecule has 0 saturated heterocycles. The summed E-state index contributed by atoms with van der Waals surface area (Å²) < 4.78 is 17.4. The van der Waals surface area contributed by atoms with Crippen LogP contribution in [0.25, 0.3) is 11.1 Å². The summed E-state index contributed by atoms with van der Waals surface area (Å²) in [5, 5.41) is 9.47. The predicted octanol–water partition coefficient (Wildman–Crippen LogP) is 3.80. The van der Waals surface area contributed by atoms with E-state index in [0.717, 1.165) is 43.9 Å². The fraction of sp³-hybridized carbons (Fsp3) is 0.259. The highest BCUT2D eigenvalue weighted by atomic mass is 16.5. The zero-order valence-electron chi connectivity index (χ0n) is 19.9. The van der Waals surface area contributed by atoms with Crippen molar-refractivity contribution in [2.45, 2.75) is 40.0 Å². The molecule has 8 heteroatoms. The number of nitrogens with one attached hydrogen (secondary N) is 1. The average Bonchev–Trinajstić information content (AvgIpc) is 3.13. The summed E-state index contributed by atoms with van der Waals surface area (Å²) in [7, 11) is 0. The van der Waals surface area contributed by atoms with E-state index in [1.165, 1.54) is 0 Å². The van der Waals surface area contributed by atoms with Crippen LogP contribution in [0, 0.1) is 13.8 Å². The van der Waals surface area contributed by atoms with Crippen molar-refractivity contribution >= 4 is 0 Å². The SMILES string of the molecule is Cc1cc(OCC(C)O)cc(C)c1-c1cccc(COc2ccc(Cn3oc(=O)[nH]c3=O)cc2)c1. The Bertz CT molecular complexity index is 1390. The monoisotopic (exact) mass is 476 g/mol. The second kappa shape index (κ2) is 10.5. The third kappa shape index (κ3) is 6.10. The minimum atomic E-state index is -0.775. The molecule has 0 radical (unpaired) electrons. The van der Waals surface area contributed by atoms with E-state index in [2.05, 4.69) is 31.0 Å². The van der Waals surface area contributed by atoms with Gasteiger partial charge < -0.3 is 19.1 Å². The van der Waals surface area contributed by atoms with Crippen LogP contribution in [0.3, 0.4) is 0 Å². The zero-order chi connectivity index (χ0) is 24.9. The largest absolute Gasteiger partial charge is 0.491 e. The number of aliphatic hydroxyl groups excluding tert-OH is 1. The molecule has 1 unspecified atom stereocenters. The van der Waals surface area contributed by atoms with Crippen LogP contribution in [0.5, 0.6) is 11.5 Å². The molecule has 0 saturated carbocycles. The zero-order valence-corrected chi connectivity index (χ0v) is 19.9. The molecule has 8 nitrogen and oxygen atoms in total. The van der Waals surface area contributed by atoms with Crippen LogP contribution < -0.4 is 20.9 Å². The van der Waals surface area contributed by atoms with E-state index in [0.29, 0.717) is 12.4 Å². The van der Waals surface area contributed by atoms with Gasteiger partial charge in [-0.15, -0.1) is 4.74 Å². The first-order chi connectivity index (χ1) is 16.8. The van der Waals surface area contributed by atoms with Crippen LogP contribution in [0.2, 0.25) is 0 Å². The molecule has 0 aliphatic heterocycles. The van der Waals surface area contributed by atoms with E-state index in [9.17, 15) is 14.7 Å². The molecule has 4 aromatic rings. The maximum absolute atomic E-state index is 11.6. The molecule has 0 spiro atoms. The lowest BCUT2D eigenvalue weighted by Crippen LogP contribution is -2.17. The molecule has 1 aromatic heterocycles. The van der Waals surface area contributed by atoms with Gasteiger partial charge in [-0.05, 0) is 84.5 Å². The summed E-state index contributed by atoms with van der Waals surface area (Å²) in [5.74, 6) is 0.660. The molecule has 4 rings (SSSR count). The van der Waals surface area contributed by atoms with Crippen molar-refractivity contribution in [2.75, 3.05) is 6.61 Å². The fourth-order valence-electron chi connectivity index (χ4n) is 3.94. The first kappa shape index (κ1) is 24.1. The number of hydrogen-bond acceptors (Lipinski definition) is 6. The number of aromatic amines is 1. The molecule has 0 aliphatic carbocycles. The van der Waals surface area contributed by atoms with Gasteiger partial charge in [0.15, 0.2) is 0 Å². The molecular formula is C27H28N2O6. The Hall–Kier alpha value is -4.04. The molecule has 35 heavy (non-hydrogen) atoms. The van der Waals surface area contributed by atoms with Gasteiger partial charge in [0, 0.05) is 0 Å². The first-order valence-corrected chi connectivity index (χ1v) is 11.3. The molecule has 182 valence electrons. The Morgan fingerprint density at radius 3 is 2.29 bits per heavy atom. The minimum absolute atomic E-state index is 0.154. The smallest absolute Gasteiger partial charge is 0.440 e. The van der Waals surface area contributed by atoms with Gasteiger partial charge >= 0.3 is 11.4 Å². The summed E-state index contributed by atoms with van der Waals surface area (Å²) in [6.45, 7) is 6.61. The summed E-state index contributed by atoms with van der Waals surface area (Å²) in [6, 6.07) is 19.5. The lowest BCUT2D eigenvalue weighted by atomic mass is 9.94. The third-order valence-corrected chi connectivity index (χ3v) is 5.50. The van der Waals surface area contributed by atoms with Crippen LogP contribution >= 0.6 is 0 Å². The molecule has 3 aromatic carbocycles. The topological polar surface area (TPSA) is 107 Å². The Morgan fingerprint density at radius 1 is 0.943 bits per heavy atom. The molecule has 0 bridgehead atoms. The van der Waals surface area contributed by atoms with Crippen molar-refractivity contribution in [3.63, 3.8) is 0 Å². The second-order valence-corrected chi connectivity index (χ2v) is 8.57. The number of benzene rings is 3. The van der Waals surface area contributed by atoms with E-state index < -0.39 is 17.5 Å². The first-order valence-electron chi connectivity index (χ1n) is 11.3. The van der Waals surface area contributed by atoms with Gasteiger partial charge in [0.25, 0.3) is 0 Å². The number of nitrogens with zero attached hydrogens (tertiary/aromatic N) is 1. The number of aliphatic hydroxyl groups is 1. The van der Waals surface area contributed by atoms with Crippen LogP contribution in [0.1, 0.15) is 29.2 Å². The quantitative estimate of drug-likeness (QED) is 0.381. The van der Waals surface area contributed by atoms with Crippen LogP contribution in [-0.4, -0.2) is 27.5 Å². The Balaban J connectivity index is 1.43. The Labute approximate surface area is 202 Å². The number of H-pyrrole nitrogens is 1. The minimum Gasteiger partial charge on any atom is -0.491 e. The maximum Gasteiger partial charge on any atom is 0.440 e. The second-order valence-electron chi connectivity index (χ2n) is 8.57. The van der Waals surface area contributed by atoms with Gasteiger partial charge in [0.05, 0.1) is 12.6 Å². The molecule has 0 aliphatic rings. The fourth-order valence-corrected chi connectivity index (χ4v) is 3.94. The van der Waals surface area contributed by atoms with Crippen molar-refractivity contribution in [1.82, 2.24) is 9.72 Å². The van der Waals surface area contributed by atoms with Crippen molar-refractivity contribution in [3.8, 4) is 22.6 Å². The summed E-state index contributed by atoms with van der Waals surface area (Å²) in [5.41, 5.74) is 5.68. The highest BCUT2D eigenvalue weighted by molar-refractivity contribution is 5.72. The molecule has 0 amide bonds. The van der Waals surface area contributed by atoms with Gasteiger partial charge in [-0.1, -0.05) is 30.3 Å². The van der Waals surface area contributed by atoms with Gasteiger partial charge in [-0.2, -0.15) is 0 Å². The van der Waals surface area contributed by atoms with E-state index >= 15 is 0 Å². The lowest BCUT2D eigenvalue weighted by molar-refractivity contribution is 0.122. The van der Waals surface area contributed by atoms with E-state index in [4.69, 9.17) is 14.0 Å². The van der Waals surface area contributed by atoms with Crippen molar-refractivity contribution in [1.29, 1.82) is 0 Å². The summed E-state index contributed by atoms with van der Waals surface area (Å²) in [6.07, 6.45) is -0.519. The highest BCUT2D eigenvalue weighted by Crippen LogP contribution is 2.32. The van der Waals surface area contributed by atoms with Crippen molar-refractivity contribution < 1.29 is 19.1 Å². The van der Waals surface area contributed by atoms with Crippen molar-refractivity contribution in [2.24, 2.45) is 0 Å². The predicted molar refractivity (Wildman–Crippen MR) is 132 cm³/mol. The van der Waals surface area contributed by atoms with Gasteiger partial charge in [0.2, 0.25) is 0 Å². The molecular weight excluding hydrogens is 448 g/mol.